The quantitative estimate of drug-likeness (QED) is 0.861. The number of hydrogen-bond donors (Lipinski definition) is 2. The second-order valence-electron chi connectivity index (χ2n) is 5.24. The topological polar surface area (TPSA) is 53.6 Å². The molecule has 1 aliphatic rings. The number of methoxy groups -OCH3 is 1. The van der Waals surface area contributed by atoms with E-state index in [1.165, 1.54) is 0 Å². The lowest BCUT2D eigenvalue weighted by Crippen LogP contribution is -2.51. The molecule has 5 heteroatoms. The number of nitrogens with one attached hydrogen (secondary N) is 2. The number of benzene rings is 1. The summed E-state index contributed by atoms with van der Waals surface area (Å²) in [6.07, 6.45) is 0. The van der Waals surface area contributed by atoms with Gasteiger partial charge in [-0.15, -0.1) is 0 Å². The fourth-order valence-electron chi connectivity index (χ4n) is 2.38. The molecule has 0 fully saturated rings. The van der Waals surface area contributed by atoms with Crippen LogP contribution >= 0.6 is 0 Å². The number of ether oxygens (including phenoxy) is 1. The van der Waals surface area contributed by atoms with Crippen molar-refractivity contribution in [2.75, 3.05) is 37.4 Å². The van der Waals surface area contributed by atoms with Gasteiger partial charge in [0.25, 0.3) is 0 Å². The molecule has 2 N–H and O–H groups in total. The molecule has 0 aromatic heterocycles. The molecule has 110 valence electrons. The van der Waals surface area contributed by atoms with Crippen LogP contribution in [0.15, 0.2) is 24.3 Å². The van der Waals surface area contributed by atoms with Gasteiger partial charge in [-0.3, -0.25) is 4.79 Å². The maximum absolute atomic E-state index is 12.6. The highest BCUT2D eigenvalue weighted by atomic mass is 16.5. The van der Waals surface area contributed by atoms with Crippen LogP contribution in [0.5, 0.6) is 0 Å². The fraction of sp³-hybridized carbons (Fsp3) is 0.533. The Morgan fingerprint density at radius 2 is 2.10 bits per heavy atom. The van der Waals surface area contributed by atoms with Gasteiger partial charge in [0, 0.05) is 26.2 Å². The number of rotatable bonds is 5. The number of para-hydroxylation sites is 2. The number of fused-ring (bicyclic) bond motifs is 1. The van der Waals surface area contributed by atoms with Gasteiger partial charge in [-0.05, 0) is 26.0 Å². The van der Waals surface area contributed by atoms with Gasteiger partial charge in [-0.1, -0.05) is 12.1 Å². The van der Waals surface area contributed by atoms with Crippen LogP contribution in [0.3, 0.4) is 0 Å². The molecule has 1 atom stereocenters. The van der Waals surface area contributed by atoms with Crippen molar-refractivity contribution in [1.29, 1.82) is 0 Å². The Balaban J connectivity index is 2.06. The van der Waals surface area contributed by atoms with E-state index in [1.807, 2.05) is 43.0 Å². The van der Waals surface area contributed by atoms with Crippen molar-refractivity contribution < 1.29 is 9.53 Å². The summed E-state index contributed by atoms with van der Waals surface area (Å²) in [4.78, 5) is 14.5. The van der Waals surface area contributed by atoms with Crippen LogP contribution in [-0.4, -0.2) is 49.7 Å². The lowest BCUT2D eigenvalue weighted by molar-refractivity contribution is -0.134. The molecule has 0 bridgehead atoms. The summed E-state index contributed by atoms with van der Waals surface area (Å²) < 4.78 is 5.09. The third-order valence-electron chi connectivity index (χ3n) is 3.49. The second kappa shape index (κ2) is 6.61. The summed E-state index contributed by atoms with van der Waals surface area (Å²) >= 11 is 0. The Bertz CT molecular complexity index is 462. The Morgan fingerprint density at radius 1 is 1.40 bits per heavy atom. The summed E-state index contributed by atoms with van der Waals surface area (Å²) in [6.45, 7) is 5.83. The highest BCUT2D eigenvalue weighted by molar-refractivity contribution is 5.88. The van der Waals surface area contributed by atoms with E-state index in [-0.39, 0.29) is 18.0 Å². The van der Waals surface area contributed by atoms with Crippen LogP contribution in [0.4, 0.5) is 11.4 Å². The molecular weight excluding hydrogens is 254 g/mol. The van der Waals surface area contributed by atoms with E-state index < -0.39 is 0 Å². The van der Waals surface area contributed by atoms with Crippen molar-refractivity contribution in [3.8, 4) is 0 Å². The van der Waals surface area contributed by atoms with E-state index in [4.69, 9.17) is 4.74 Å². The molecule has 1 aromatic carbocycles. The van der Waals surface area contributed by atoms with E-state index in [9.17, 15) is 4.79 Å². The first kappa shape index (κ1) is 14.7. The van der Waals surface area contributed by atoms with Gasteiger partial charge < -0.3 is 20.3 Å². The Morgan fingerprint density at radius 3 is 2.75 bits per heavy atom. The fourth-order valence-corrected chi connectivity index (χ4v) is 2.38. The zero-order chi connectivity index (χ0) is 14.5. The second-order valence-corrected chi connectivity index (χ2v) is 5.24. The molecule has 0 saturated carbocycles. The standard InChI is InChI=1S/C15H23N3O2/c1-11(2)18(8-9-20-3)15(19)14-10-16-12-6-4-5-7-13(12)17-14/h4-7,11,14,16-17H,8-10H2,1-3H3. The van der Waals surface area contributed by atoms with Crippen LogP contribution in [-0.2, 0) is 9.53 Å². The average molecular weight is 277 g/mol. The van der Waals surface area contributed by atoms with E-state index in [2.05, 4.69) is 10.6 Å². The number of amides is 1. The van der Waals surface area contributed by atoms with Gasteiger partial charge in [0.1, 0.15) is 6.04 Å². The van der Waals surface area contributed by atoms with E-state index >= 15 is 0 Å². The van der Waals surface area contributed by atoms with Gasteiger partial charge in [-0.2, -0.15) is 0 Å². The average Bonchev–Trinajstić information content (AvgIpc) is 2.46. The normalized spacial score (nSPS) is 17.1. The van der Waals surface area contributed by atoms with E-state index in [0.717, 1.165) is 11.4 Å². The number of nitrogens with zero attached hydrogens (tertiary/aromatic N) is 1. The van der Waals surface area contributed by atoms with Gasteiger partial charge in [0.15, 0.2) is 0 Å². The summed E-state index contributed by atoms with van der Waals surface area (Å²) in [5.41, 5.74) is 2.03. The lowest BCUT2D eigenvalue weighted by Gasteiger charge is -2.34. The molecule has 0 aliphatic carbocycles. The molecule has 5 nitrogen and oxygen atoms in total. The molecule has 1 aliphatic heterocycles. The zero-order valence-electron chi connectivity index (χ0n) is 12.3. The third kappa shape index (κ3) is 3.22. The molecule has 1 heterocycles. The highest BCUT2D eigenvalue weighted by Gasteiger charge is 2.28. The number of carbonyl (C=O) groups is 1. The monoisotopic (exact) mass is 277 g/mol. The van der Waals surface area contributed by atoms with Crippen molar-refractivity contribution in [3.05, 3.63) is 24.3 Å². The van der Waals surface area contributed by atoms with Crippen LogP contribution in [0.1, 0.15) is 13.8 Å². The molecule has 2 rings (SSSR count). The lowest BCUT2D eigenvalue weighted by atomic mass is 10.1. The van der Waals surface area contributed by atoms with Crippen molar-refractivity contribution in [2.24, 2.45) is 0 Å². The van der Waals surface area contributed by atoms with Crippen molar-refractivity contribution in [3.63, 3.8) is 0 Å². The molecule has 0 radical (unpaired) electrons. The molecule has 0 spiro atoms. The van der Waals surface area contributed by atoms with Crippen molar-refractivity contribution in [1.82, 2.24) is 4.90 Å². The molecule has 1 amide bonds. The maximum atomic E-state index is 12.6. The largest absolute Gasteiger partial charge is 0.383 e. The molecule has 1 aromatic rings. The number of carbonyl (C=O) groups excluding carboxylic acids is 1. The van der Waals surface area contributed by atoms with Crippen molar-refractivity contribution in [2.45, 2.75) is 25.9 Å². The van der Waals surface area contributed by atoms with E-state index in [0.29, 0.717) is 19.7 Å². The van der Waals surface area contributed by atoms with Crippen molar-refractivity contribution >= 4 is 17.3 Å². The maximum Gasteiger partial charge on any atom is 0.247 e. The SMILES string of the molecule is COCCN(C(=O)C1CNc2ccccc2N1)C(C)C. The minimum Gasteiger partial charge on any atom is -0.383 e. The predicted octanol–water partition coefficient (Wildman–Crippen LogP) is 1.78. The molecule has 20 heavy (non-hydrogen) atoms. The Kier molecular flexibility index (Phi) is 4.84. The third-order valence-corrected chi connectivity index (χ3v) is 3.49. The smallest absolute Gasteiger partial charge is 0.247 e. The van der Waals surface area contributed by atoms with Crippen LogP contribution in [0.2, 0.25) is 0 Å². The van der Waals surface area contributed by atoms with Gasteiger partial charge in [0.2, 0.25) is 5.91 Å². The number of hydrogen-bond acceptors (Lipinski definition) is 4. The van der Waals surface area contributed by atoms with Crippen LogP contribution in [0, 0.1) is 0 Å². The molecule has 0 saturated heterocycles. The minimum absolute atomic E-state index is 0.110. The first-order valence-electron chi connectivity index (χ1n) is 7.02. The summed E-state index contributed by atoms with van der Waals surface area (Å²) in [6, 6.07) is 7.87. The van der Waals surface area contributed by atoms with Crippen LogP contribution in [0.25, 0.3) is 0 Å². The Labute approximate surface area is 120 Å². The summed E-state index contributed by atoms with van der Waals surface area (Å²) in [7, 11) is 1.65. The zero-order valence-corrected chi connectivity index (χ0v) is 12.3. The molecular formula is C15H23N3O2. The van der Waals surface area contributed by atoms with Gasteiger partial charge >= 0.3 is 0 Å². The van der Waals surface area contributed by atoms with Crippen LogP contribution < -0.4 is 10.6 Å². The predicted molar refractivity (Wildman–Crippen MR) is 81.1 cm³/mol. The Hall–Kier alpha value is -1.75. The minimum atomic E-state index is -0.232. The summed E-state index contributed by atoms with van der Waals surface area (Å²) in [5, 5.41) is 6.62. The number of anilines is 2. The summed E-state index contributed by atoms with van der Waals surface area (Å²) in [5.74, 6) is 0.110. The first-order chi connectivity index (χ1) is 9.63. The highest BCUT2D eigenvalue weighted by Crippen LogP contribution is 2.25. The van der Waals surface area contributed by atoms with Gasteiger partial charge in [-0.25, -0.2) is 0 Å². The van der Waals surface area contributed by atoms with E-state index in [1.54, 1.807) is 7.11 Å². The van der Waals surface area contributed by atoms with Gasteiger partial charge in [0.05, 0.1) is 18.0 Å². The molecule has 1 unspecified atom stereocenters. The first-order valence-corrected chi connectivity index (χ1v) is 7.02.